The molecule has 0 spiro atoms. The maximum Gasteiger partial charge on any atom is 0.225 e. The minimum absolute atomic E-state index is 0. The molecule has 1 amide bonds. The number of likely N-dealkylation sites (N-methyl/N-ethyl adjacent to an activating group) is 1. The largest absolute Gasteiger partial charge is 0.341 e. The summed E-state index contributed by atoms with van der Waals surface area (Å²) < 4.78 is 13.2. The van der Waals surface area contributed by atoms with E-state index in [4.69, 9.17) is 0 Å². The summed E-state index contributed by atoms with van der Waals surface area (Å²) in [6, 6.07) is 6.91. The molecule has 1 aromatic carbocycles. The second kappa shape index (κ2) is 8.35. The molecule has 118 valence electrons. The lowest BCUT2D eigenvalue weighted by atomic mass is 9.97. The monoisotopic (exact) mass is 314 g/mol. The molecule has 0 bridgehead atoms. The van der Waals surface area contributed by atoms with Gasteiger partial charge in [-0.15, -0.1) is 12.4 Å². The molecule has 2 atom stereocenters. The predicted octanol–water partition coefficient (Wildman–Crippen LogP) is 2.64. The van der Waals surface area contributed by atoms with E-state index in [-0.39, 0.29) is 30.0 Å². The Bertz CT molecular complexity index is 469. The second-order valence-corrected chi connectivity index (χ2v) is 5.65. The molecule has 1 saturated heterocycles. The van der Waals surface area contributed by atoms with Crippen LogP contribution < -0.4 is 5.32 Å². The number of halogens is 2. The molecule has 1 aliphatic heterocycles. The number of rotatable bonds is 4. The van der Waals surface area contributed by atoms with Crippen molar-refractivity contribution in [2.24, 2.45) is 5.92 Å². The second-order valence-electron chi connectivity index (χ2n) is 5.65. The standard InChI is InChI=1S/C16H23FN2O.ClH/c1-12(9-13-5-3-6-14(17)10-13)16(20)19-8-4-7-15(11-19)18-2;/h3,5-6,10,12,15,18H,4,7-9,11H2,1-2H3;1H. The van der Waals surface area contributed by atoms with Gasteiger partial charge in [0.05, 0.1) is 0 Å². The van der Waals surface area contributed by atoms with Gasteiger partial charge in [0.25, 0.3) is 0 Å². The van der Waals surface area contributed by atoms with Crippen molar-refractivity contribution in [3.05, 3.63) is 35.6 Å². The number of nitrogens with one attached hydrogen (secondary N) is 1. The summed E-state index contributed by atoms with van der Waals surface area (Å²) in [6.07, 6.45) is 2.76. The first-order valence-electron chi connectivity index (χ1n) is 7.30. The first-order valence-corrected chi connectivity index (χ1v) is 7.30. The summed E-state index contributed by atoms with van der Waals surface area (Å²) in [4.78, 5) is 14.4. The molecule has 2 rings (SSSR count). The molecule has 2 unspecified atom stereocenters. The molecule has 1 heterocycles. The third-order valence-electron chi connectivity index (χ3n) is 3.99. The van der Waals surface area contributed by atoms with Crippen LogP contribution in [-0.4, -0.2) is 37.0 Å². The van der Waals surface area contributed by atoms with Crippen molar-refractivity contribution in [2.75, 3.05) is 20.1 Å². The summed E-state index contributed by atoms with van der Waals surface area (Å²) in [7, 11) is 1.94. The van der Waals surface area contributed by atoms with E-state index in [0.717, 1.165) is 31.5 Å². The number of piperidine rings is 1. The topological polar surface area (TPSA) is 32.3 Å². The molecule has 0 aliphatic carbocycles. The SMILES string of the molecule is CNC1CCCN(C(=O)C(C)Cc2cccc(F)c2)C1.Cl. The molecular formula is C16H24ClFN2O. The van der Waals surface area contributed by atoms with Gasteiger partial charge in [-0.2, -0.15) is 0 Å². The van der Waals surface area contributed by atoms with Gasteiger partial charge in [0.1, 0.15) is 5.82 Å². The third-order valence-corrected chi connectivity index (χ3v) is 3.99. The van der Waals surface area contributed by atoms with Gasteiger partial charge in [0.15, 0.2) is 0 Å². The van der Waals surface area contributed by atoms with Crippen molar-refractivity contribution in [2.45, 2.75) is 32.2 Å². The molecule has 0 saturated carbocycles. The van der Waals surface area contributed by atoms with Gasteiger partial charge in [0, 0.05) is 25.0 Å². The van der Waals surface area contributed by atoms with E-state index < -0.39 is 0 Å². The van der Waals surface area contributed by atoms with Crippen LogP contribution in [-0.2, 0) is 11.2 Å². The Morgan fingerprint density at radius 1 is 1.52 bits per heavy atom. The highest BCUT2D eigenvalue weighted by Crippen LogP contribution is 2.16. The molecule has 3 nitrogen and oxygen atoms in total. The number of benzene rings is 1. The number of nitrogens with zero attached hydrogens (tertiary/aromatic N) is 1. The highest BCUT2D eigenvalue weighted by molar-refractivity contribution is 5.85. The lowest BCUT2D eigenvalue weighted by molar-refractivity contribution is -0.136. The van der Waals surface area contributed by atoms with Gasteiger partial charge in [0.2, 0.25) is 5.91 Å². The van der Waals surface area contributed by atoms with Crippen LogP contribution in [0.4, 0.5) is 4.39 Å². The smallest absolute Gasteiger partial charge is 0.225 e. The predicted molar refractivity (Wildman–Crippen MR) is 85.2 cm³/mol. The van der Waals surface area contributed by atoms with E-state index in [0.29, 0.717) is 12.5 Å². The number of likely N-dealkylation sites (tertiary alicyclic amines) is 1. The molecule has 0 aromatic heterocycles. The summed E-state index contributed by atoms with van der Waals surface area (Å²) in [5.74, 6) is -0.169. The summed E-state index contributed by atoms with van der Waals surface area (Å²) in [6.45, 7) is 3.55. The number of hydrogen-bond donors (Lipinski definition) is 1. The molecule has 1 N–H and O–H groups in total. The van der Waals surface area contributed by atoms with E-state index in [2.05, 4.69) is 5.32 Å². The van der Waals surface area contributed by atoms with Crippen molar-refractivity contribution in [3.63, 3.8) is 0 Å². The molecular weight excluding hydrogens is 291 g/mol. The van der Waals surface area contributed by atoms with E-state index >= 15 is 0 Å². The minimum Gasteiger partial charge on any atom is -0.341 e. The van der Waals surface area contributed by atoms with Crippen LogP contribution in [0, 0.1) is 11.7 Å². The van der Waals surface area contributed by atoms with E-state index in [1.165, 1.54) is 12.1 Å². The van der Waals surface area contributed by atoms with Crippen LogP contribution in [0.5, 0.6) is 0 Å². The number of carbonyl (C=O) groups is 1. The first kappa shape index (κ1) is 17.9. The number of carbonyl (C=O) groups excluding carboxylic acids is 1. The normalized spacial score (nSPS) is 19.8. The molecule has 1 aromatic rings. The average molecular weight is 315 g/mol. The fraction of sp³-hybridized carbons (Fsp3) is 0.562. The first-order chi connectivity index (χ1) is 9.60. The Morgan fingerprint density at radius 3 is 2.95 bits per heavy atom. The molecule has 5 heteroatoms. The summed E-state index contributed by atoms with van der Waals surface area (Å²) >= 11 is 0. The zero-order chi connectivity index (χ0) is 14.5. The van der Waals surface area contributed by atoms with Crippen molar-refractivity contribution < 1.29 is 9.18 Å². The third kappa shape index (κ3) is 4.97. The maximum absolute atomic E-state index is 13.2. The summed E-state index contributed by atoms with van der Waals surface area (Å²) in [5, 5.41) is 3.24. The Kier molecular flexibility index (Phi) is 7.12. The van der Waals surface area contributed by atoms with Crippen molar-refractivity contribution >= 4 is 18.3 Å². The Hall–Kier alpha value is -1.13. The summed E-state index contributed by atoms with van der Waals surface area (Å²) in [5.41, 5.74) is 0.882. The van der Waals surface area contributed by atoms with Gasteiger partial charge in [-0.1, -0.05) is 19.1 Å². The van der Waals surface area contributed by atoms with E-state index in [1.54, 1.807) is 6.07 Å². The zero-order valence-corrected chi connectivity index (χ0v) is 13.5. The van der Waals surface area contributed by atoms with Crippen molar-refractivity contribution in [1.29, 1.82) is 0 Å². The van der Waals surface area contributed by atoms with E-state index in [1.807, 2.05) is 24.9 Å². The van der Waals surface area contributed by atoms with Crippen LogP contribution in [0.2, 0.25) is 0 Å². The highest BCUT2D eigenvalue weighted by atomic mass is 35.5. The van der Waals surface area contributed by atoms with Crippen LogP contribution in [0.3, 0.4) is 0 Å². The van der Waals surface area contributed by atoms with Crippen LogP contribution in [0.25, 0.3) is 0 Å². The maximum atomic E-state index is 13.2. The molecule has 1 fully saturated rings. The number of amides is 1. The molecule has 0 radical (unpaired) electrons. The lowest BCUT2D eigenvalue weighted by Crippen LogP contribution is -2.48. The van der Waals surface area contributed by atoms with Crippen LogP contribution in [0.1, 0.15) is 25.3 Å². The van der Waals surface area contributed by atoms with Gasteiger partial charge >= 0.3 is 0 Å². The van der Waals surface area contributed by atoms with E-state index in [9.17, 15) is 9.18 Å². The van der Waals surface area contributed by atoms with Crippen molar-refractivity contribution in [1.82, 2.24) is 10.2 Å². The zero-order valence-electron chi connectivity index (χ0n) is 12.6. The Balaban J connectivity index is 0.00000220. The van der Waals surface area contributed by atoms with Crippen molar-refractivity contribution in [3.8, 4) is 0 Å². The van der Waals surface area contributed by atoms with Gasteiger partial charge in [-0.25, -0.2) is 4.39 Å². The lowest BCUT2D eigenvalue weighted by Gasteiger charge is -2.34. The molecule has 21 heavy (non-hydrogen) atoms. The van der Waals surface area contributed by atoms with Gasteiger partial charge in [-0.3, -0.25) is 4.79 Å². The Labute approximate surface area is 132 Å². The average Bonchev–Trinajstić information content (AvgIpc) is 2.46. The minimum atomic E-state index is -0.240. The van der Waals surface area contributed by atoms with Crippen LogP contribution >= 0.6 is 12.4 Å². The number of hydrogen-bond acceptors (Lipinski definition) is 2. The van der Waals surface area contributed by atoms with Crippen LogP contribution in [0.15, 0.2) is 24.3 Å². The molecule has 1 aliphatic rings. The fourth-order valence-electron chi connectivity index (χ4n) is 2.83. The highest BCUT2D eigenvalue weighted by Gasteiger charge is 2.26. The Morgan fingerprint density at radius 2 is 2.29 bits per heavy atom. The fourth-order valence-corrected chi connectivity index (χ4v) is 2.83. The van der Waals surface area contributed by atoms with Gasteiger partial charge in [-0.05, 0) is 44.0 Å². The quantitative estimate of drug-likeness (QED) is 0.926. The van der Waals surface area contributed by atoms with Gasteiger partial charge < -0.3 is 10.2 Å².